The normalized spacial score (nSPS) is 37.0. The summed E-state index contributed by atoms with van der Waals surface area (Å²) in [6.07, 6.45) is 2.65. The largest absolute Gasteiger partial charge is 0.368 e. The molecule has 0 aromatic rings. The minimum absolute atomic E-state index is 0.105. The second-order valence-corrected chi connectivity index (χ2v) is 7.42. The van der Waals surface area contributed by atoms with Crippen LogP contribution in [-0.2, 0) is 4.74 Å². The van der Waals surface area contributed by atoms with Crippen LogP contribution in [0.15, 0.2) is 0 Å². The van der Waals surface area contributed by atoms with Crippen LogP contribution in [-0.4, -0.2) is 41.8 Å². The van der Waals surface area contributed by atoms with Gasteiger partial charge in [-0.05, 0) is 59.5 Å². The molecule has 2 atom stereocenters. The van der Waals surface area contributed by atoms with Gasteiger partial charge in [-0.25, -0.2) is 0 Å². The Labute approximate surface area is 112 Å². The molecule has 18 heavy (non-hydrogen) atoms. The first-order valence-corrected chi connectivity index (χ1v) is 7.40. The summed E-state index contributed by atoms with van der Waals surface area (Å²) in [4.78, 5) is 2.58. The van der Waals surface area contributed by atoms with E-state index in [0.29, 0.717) is 5.92 Å². The molecule has 0 spiro atoms. The van der Waals surface area contributed by atoms with Gasteiger partial charge >= 0.3 is 0 Å². The van der Waals surface area contributed by atoms with E-state index in [2.05, 4.69) is 39.5 Å². The molecule has 2 unspecified atom stereocenters. The lowest BCUT2D eigenvalue weighted by Gasteiger charge is -2.36. The first-order chi connectivity index (χ1) is 8.22. The molecule has 2 aliphatic rings. The molecule has 0 bridgehead atoms. The molecular weight excluding hydrogens is 224 g/mol. The van der Waals surface area contributed by atoms with Crippen LogP contribution in [0.4, 0.5) is 0 Å². The van der Waals surface area contributed by atoms with Gasteiger partial charge < -0.3 is 15.4 Å². The number of hydrogen-bond acceptors (Lipinski definition) is 3. The van der Waals surface area contributed by atoms with Crippen LogP contribution in [0, 0.1) is 11.8 Å². The monoisotopic (exact) mass is 254 g/mol. The van der Waals surface area contributed by atoms with Crippen molar-refractivity contribution in [3.63, 3.8) is 0 Å². The molecule has 2 N–H and O–H groups in total. The molecule has 0 aromatic carbocycles. The lowest BCUT2D eigenvalue weighted by molar-refractivity contribution is -0.0788. The number of nitrogens with two attached hydrogens (primary N) is 1. The first-order valence-electron chi connectivity index (χ1n) is 7.40. The highest BCUT2D eigenvalue weighted by Crippen LogP contribution is 2.41. The molecule has 0 aromatic heterocycles. The summed E-state index contributed by atoms with van der Waals surface area (Å²) in [6, 6.07) is 0.131. The Morgan fingerprint density at radius 1 is 1.11 bits per heavy atom. The molecule has 0 saturated carbocycles. The zero-order valence-electron chi connectivity index (χ0n) is 12.7. The van der Waals surface area contributed by atoms with Crippen LogP contribution in [0.5, 0.6) is 0 Å². The third-order valence-electron chi connectivity index (χ3n) is 4.99. The fourth-order valence-corrected chi connectivity index (χ4v) is 3.59. The summed E-state index contributed by atoms with van der Waals surface area (Å²) in [5.74, 6) is 1.32. The van der Waals surface area contributed by atoms with Crippen molar-refractivity contribution in [3.05, 3.63) is 0 Å². The van der Waals surface area contributed by atoms with E-state index < -0.39 is 0 Å². The third-order valence-corrected chi connectivity index (χ3v) is 4.99. The van der Waals surface area contributed by atoms with Crippen LogP contribution in [0.1, 0.15) is 47.5 Å². The van der Waals surface area contributed by atoms with E-state index in [4.69, 9.17) is 10.5 Å². The Morgan fingerprint density at radius 2 is 1.67 bits per heavy atom. The SMILES string of the molecule is CC1CCN(CC2C(N)C(C)(C)OC2(C)C)CC1. The van der Waals surface area contributed by atoms with Gasteiger partial charge in [0.15, 0.2) is 0 Å². The van der Waals surface area contributed by atoms with Crippen LogP contribution in [0.3, 0.4) is 0 Å². The predicted molar refractivity (Wildman–Crippen MR) is 75.5 cm³/mol. The lowest BCUT2D eigenvalue weighted by atomic mass is 9.82. The molecule has 3 nitrogen and oxygen atoms in total. The highest BCUT2D eigenvalue weighted by atomic mass is 16.5. The van der Waals surface area contributed by atoms with E-state index in [1.54, 1.807) is 0 Å². The molecule has 2 fully saturated rings. The molecule has 106 valence electrons. The molecule has 0 amide bonds. The Kier molecular flexibility index (Phi) is 3.79. The number of hydrogen-bond donors (Lipinski definition) is 1. The van der Waals surface area contributed by atoms with Gasteiger partial charge in [0, 0.05) is 18.5 Å². The number of ether oxygens (including phenoxy) is 1. The van der Waals surface area contributed by atoms with E-state index >= 15 is 0 Å². The van der Waals surface area contributed by atoms with Crippen LogP contribution >= 0.6 is 0 Å². The summed E-state index contributed by atoms with van der Waals surface area (Å²) < 4.78 is 6.17. The van der Waals surface area contributed by atoms with Gasteiger partial charge in [-0.2, -0.15) is 0 Å². The number of likely N-dealkylation sites (tertiary alicyclic amines) is 1. The van der Waals surface area contributed by atoms with Gasteiger partial charge in [-0.1, -0.05) is 6.92 Å². The van der Waals surface area contributed by atoms with Crippen LogP contribution in [0.2, 0.25) is 0 Å². The first kappa shape index (κ1) is 14.3. The zero-order valence-corrected chi connectivity index (χ0v) is 12.7. The molecule has 0 aliphatic carbocycles. The zero-order chi connectivity index (χ0) is 13.6. The molecule has 2 aliphatic heterocycles. The van der Waals surface area contributed by atoms with Gasteiger partial charge in [-0.3, -0.25) is 0 Å². The summed E-state index contributed by atoms with van der Waals surface area (Å²) in [7, 11) is 0. The minimum Gasteiger partial charge on any atom is -0.368 e. The molecule has 2 heterocycles. The number of rotatable bonds is 2. The highest BCUT2D eigenvalue weighted by Gasteiger charge is 2.52. The van der Waals surface area contributed by atoms with Crippen molar-refractivity contribution in [3.8, 4) is 0 Å². The molecule has 2 saturated heterocycles. The van der Waals surface area contributed by atoms with E-state index in [9.17, 15) is 0 Å². The average molecular weight is 254 g/mol. The topological polar surface area (TPSA) is 38.5 Å². The van der Waals surface area contributed by atoms with Crippen molar-refractivity contribution in [2.75, 3.05) is 19.6 Å². The predicted octanol–water partition coefficient (Wildman–Crippen LogP) is 2.25. The Hall–Kier alpha value is -0.120. The summed E-state index contributed by atoms with van der Waals surface area (Å²) in [6.45, 7) is 14.5. The van der Waals surface area contributed by atoms with Gasteiger partial charge in [0.25, 0.3) is 0 Å². The van der Waals surface area contributed by atoms with Crippen molar-refractivity contribution in [1.29, 1.82) is 0 Å². The van der Waals surface area contributed by atoms with E-state index in [0.717, 1.165) is 12.5 Å². The van der Waals surface area contributed by atoms with Crippen molar-refractivity contribution >= 4 is 0 Å². The maximum Gasteiger partial charge on any atom is 0.0788 e. The van der Waals surface area contributed by atoms with E-state index in [-0.39, 0.29) is 17.2 Å². The Balaban J connectivity index is 2.00. The van der Waals surface area contributed by atoms with Crippen LogP contribution in [0.25, 0.3) is 0 Å². The summed E-state index contributed by atoms with van der Waals surface area (Å²) in [5, 5.41) is 0. The summed E-state index contributed by atoms with van der Waals surface area (Å²) >= 11 is 0. The summed E-state index contributed by atoms with van der Waals surface area (Å²) in [5.41, 5.74) is 6.12. The smallest absolute Gasteiger partial charge is 0.0788 e. The number of piperidine rings is 1. The van der Waals surface area contributed by atoms with Crippen molar-refractivity contribution < 1.29 is 4.74 Å². The molecular formula is C15H30N2O. The van der Waals surface area contributed by atoms with Crippen molar-refractivity contribution in [2.24, 2.45) is 17.6 Å². The number of nitrogens with zero attached hydrogens (tertiary/aromatic N) is 1. The average Bonchev–Trinajstić information content (AvgIpc) is 2.39. The van der Waals surface area contributed by atoms with Gasteiger partial charge in [-0.15, -0.1) is 0 Å². The fourth-order valence-electron chi connectivity index (χ4n) is 3.59. The van der Waals surface area contributed by atoms with E-state index in [1.807, 2.05) is 0 Å². The lowest BCUT2D eigenvalue weighted by Crippen LogP contribution is -2.49. The maximum atomic E-state index is 6.43. The van der Waals surface area contributed by atoms with Gasteiger partial charge in [0.2, 0.25) is 0 Å². The highest BCUT2D eigenvalue weighted by molar-refractivity contribution is 5.04. The van der Waals surface area contributed by atoms with E-state index in [1.165, 1.54) is 25.9 Å². The standard InChI is InChI=1S/C15H30N2O/c1-11-6-8-17(9-7-11)10-12-13(16)15(4,5)18-14(12,2)3/h11-13H,6-10,16H2,1-5H3. The maximum absolute atomic E-state index is 6.43. The second kappa shape index (κ2) is 4.77. The minimum atomic E-state index is -0.197. The van der Waals surface area contributed by atoms with Crippen molar-refractivity contribution in [2.45, 2.75) is 64.7 Å². The van der Waals surface area contributed by atoms with Crippen molar-refractivity contribution in [1.82, 2.24) is 4.90 Å². The Morgan fingerprint density at radius 3 is 2.11 bits per heavy atom. The molecule has 2 rings (SSSR count). The second-order valence-electron chi connectivity index (χ2n) is 7.42. The third kappa shape index (κ3) is 2.73. The van der Waals surface area contributed by atoms with Gasteiger partial charge in [0.05, 0.1) is 11.2 Å². The molecule has 3 heteroatoms. The quantitative estimate of drug-likeness (QED) is 0.821. The van der Waals surface area contributed by atoms with Crippen LogP contribution < -0.4 is 5.73 Å². The fraction of sp³-hybridized carbons (Fsp3) is 1.00. The molecule has 0 radical (unpaired) electrons. The van der Waals surface area contributed by atoms with Gasteiger partial charge in [0.1, 0.15) is 0 Å². The Bertz CT molecular complexity index is 293.